The van der Waals surface area contributed by atoms with E-state index < -0.39 is 0 Å². The molecule has 0 bridgehead atoms. The number of nitrogens with one attached hydrogen (secondary N) is 1. The van der Waals surface area contributed by atoms with Crippen molar-refractivity contribution in [1.29, 1.82) is 0 Å². The predicted molar refractivity (Wildman–Crippen MR) is 122 cm³/mol. The van der Waals surface area contributed by atoms with Crippen molar-refractivity contribution in [2.75, 3.05) is 5.32 Å². The number of hydrogen-bond donors (Lipinski definition) is 1. The first-order valence-corrected chi connectivity index (χ1v) is 10.2. The van der Waals surface area contributed by atoms with E-state index >= 15 is 0 Å². The zero-order valence-corrected chi connectivity index (χ0v) is 18.3. The quantitative estimate of drug-likeness (QED) is 0.382. The summed E-state index contributed by atoms with van der Waals surface area (Å²) in [5, 5.41) is 9.57. The molecule has 29 heavy (non-hydrogen) atoms. The number of hydrogen-bond acceptors (Lipinski definition) is 3. The van der Waals surface area contributed by atoms with Crippen LogP contribution in [0.2, 0.25) is 10.0 Å². The minimum Gasteiger partial charge on any atom is -0.340 e. The summed E-state index contributed by atoms with van der Waals surface area (Å²) in [5.74, 6) is 0.823. The molecule has 0 atom stereocenters. The summed E-state index contributed by atoms with van der Waals surface area (Å²) in [4.78, 5) is 4.98. The van der Waals surface area contributed by atoms with E-state index in [9.17, 15) is 0 Å². The van der Waals surface area contributed by atoms with E-state index in [1.54, 1.807) is 0 Å². The first-order chi connectivity index (χ1) is 13.7. The van der Waals surface area contributed by atoms with Crippen molar-refractivity contribution in [1.82, 2.24) is 14.6 Å². The summed E-state index contributed by atoms with van der Waals surface area (Å²) in [7, 11) is 0. The molecule has 0 spiro atoms. The standard InChI is InChI=1S/C23H22Cl2N4/c1-14-21(17-10-5-6-11-18(17)25)22-27-19(23(2,3)4)13-20(29(22)28-14)26-16-9-7-8-15(24)12-16/h5-13,26H,1-4H3. The number of halogens is 2. The SMILES string of the molecule is Cc1nn2c(Nc3cccc(Cl)c3)cc(C(C)(C)C)nc2c1-c1ccccc1Cl. The van der Waals surface area contributed by atoms with Crippen molar-refractivity contribution >= 4 is 40.4 Å². The molecule has 4 nitrogen and oxygen atoms in total. The van der Waals surface area contributed by atoms with Gasteiger partial charge in [-0.1, -0.05) is 68.2 Å². The molecule has 0 aliphatic rings. The van der Waals surface area contributed by atoms with Gasteiger partial charge in [-0.05, 0) is 31.2 Å². The molecule has 0 aliphatic heterocycles. The zero-order chi connectivity index (χ0) is 20.8. The Bertz CT molecular complexity index is 1210. The maximum absolute atomic E-state index is 6.51. The van der Waals surface area contributed by atoms with Gasteiger partial charge in [0, 0.05) is 32.8 Å². The van der Waals surface area contributed by atoms with Crippen molar-refractivity contribution in [2.45, 2.75) is 33.1 Å². The maximum Gasteiger partial charge on any atom is 0.165 e. The highest BCUT2D eigenvalue weighted by Gasteiger charge is 2.23. The highest BCUT2D eigenvalue weighted by molar-refractivity contribution is 6.33. The summed E-state index contributed by atoms with van der Waals surface area (Å²) >= 11 is 12.7. The van der Waals surface area contributed by atoms with Crippen LogP contribution in [0.25, 0.3) is 16.8 Å². The average molecular weight is 425 g/mol. The van der Waals surface area contributed by atoms with Crippen LogP contribution >= 0.6 is 23.2 Å². The van der Waals surface area contributed by atoms with E-state index in [1.807, 2.05) is 66.0 Å². The molecule has 0 saturated carbocycles. The molecule has 2 heterocycles. The third-order valence-corrected chi connectivity index (χ3v) is 5.34. The van der Waals surface area contributed by atoms with E-state index in [1.165, 1.54) is 0 Å². The highest BCUT2D eigenvalue weighted by Crippen LogP contribution is 2.36. The minimum atomic E-state index is -0.136. The number of aryl methyl sites for hydroxylation is 1. The molecule has 0 radical (unpaired) electrons. The lowest BCUT2D eigenvalue weighted by Crippen LogP contribution is -2.16. The molecule has 2 aromatic heterocycles. The number of nitrogens with zero attached hydrogens (tertiary/aromatic N) is 3. The Labute approximate surface area is 180 Å². The van der Waals surface area contributed by atoms with Gasteiger partial charge in [-0.15, -0.1) is 0 Å². The Morgan fingerprint density at radius 3 is 2.41 bits per heavy atom. The molecular weight excluding hydrogens is 403 g/mol. The zero-order valence-electron chi connectivity index (χ0n) is 16.8. The van der Waals surface area contributed by atoms with E-state index in [2.05, 4.69) is 26.1 Å². The lowest BCUT2D eigenvalue weighted by molar-refractivity contribution is 0.569. The van der Waals surface area contributed by atoms with Gasteiger partial charge in [0.25, 0.3) is 0 Å². The van der Waals surface area contributed by atoms with Gasteiger partial charge in [0.15, 0.2) is 5.65 Å². The van der Waals surface area contributed by atoms with Crippen molar-refractivity contribution in [3.63, 3.8) is 0 Å². The Kier molecular flexibility index (Phi) is 5.01. The maximum atomic E-state index is 6.51. The largest absolute Gasteiger partial charge is 0.340 e. The fourth-order valence-corrected chi connectivity index (χ4v) is 3.71. The highest BCUT2D eigenvalue weighted by atomic mass is 35.5. The van der Waals surface area contributed by atoms with Crippen LogP contribution < -0.4 is 5.32 Å². The topological polar surface area (TPSA) is 42.2 Å². The van der Waals surface area contributed by atoms with Gasteiger partial charge in [-0.2, -0.15) is 9.61 Å². The third kappa shape index (κ3) is 3.83. The lowest BCUT2D eigenvalue weighted by atomic mass is 9.92. The second-order valence-corrected chi connectivity index (χ2v) is 8.93. The molecule has 0 unspecified atom stereocenters. The Hall–Kier alpha value is -2.56. The smallest absolute Gasteiger partial charge is 0.165 e. The second kappa shape index (κ2) is 7.36. The van der Waals surface area contributed by atoms with Crippen LogP contribution in [-0.4, -0.2) is 14.6 Å². The summed E-state index contributed by atoms with van der Waals surface area (Å²) in [6.07, 6.45) is 0. The van der Waals surface area contributed by atoms with Gasteiger partial charge in [0.05, 0.1) is 17.0 Å². The van der Waals surface area contributed by atoms with Gasteiger partial charge < -0.3 is 5.32 Å². The normalized spacial score (nSPS) is 11.8. The van der Waals surface area contributed by atoms with Crippen LogP contribution in [0.3, 0.4) is 0 Å². The molecule has 4 aromatic rings. The molecule has 0 amide bonds. The van der Waals surface area contributed by atoms with Crippen LogP contribution in [0.15, 0.2) is 54.6 Å². The molecule has 148 valence electrons. The van der Waals surface area contributed by atoms with Crippen molar-refractivity contribution < 1.29 is 0 Å². The first kappa shape index (κ1) is 19.7. The summed E-state index contributed by atoms with van der Waals surface area (Å²) < 4.78 is 1.84. The van der Waals surface area contributed by atoms with Gasteiger partial charge in [-0.25, -0.2) is 4.98 Å². The molecule has 1 N–H and O–H groups in total. The number of anilines is 2. The van der Waals surface area contributed by atoms with Crippen molar-refractivity contribution in [3.8, 4) is 11.1 Å². The number of benzene rings is 2. The Morgan fingerprint density at radius 2 is 1.72 bits per heavy atom. The van der Waals surface area contributed by atoms with Crippen LogP contribution in [0.4, 0.5) is 11.5 Å². The summed E-state index contributed by atoms with van der Waals surface area (Å²) in [5.41, 5.74) is 5.21. The van der Waals surface area contributed by atoms with Crippen LogP contribution in [0, 0.1) is 6.92 Å². The van der Waals surface area contributed by atoms with E-state index in [-0.39, 0.29) is 5.41 Å². The molecule has 0 saturated heterocycles. The fourth-order valence-electron chi connectivity index (χ4n) is 3.29. The monoisotopic (exact) mass is 424 g/mol. The summed E-state index contributed by atoms with van der Waals surface area (Å²) in [6.45, 7) is 8.42. The van der Waals surface area contributed by atoms with Crippen LogP contribution in [0.5, 0.6) is 0 Å². The molecule has 6 heteroatoms. The van der Waals surface area contributed by atoms with Gasteiger partial charge in [0.2, 0.25) is 0 Å². The van der Waals surface area contributed by atoms with Gasteiger partial charge in [0.1, 0.15) is 5.82 Å². The Balaban J connectivity index is 1.98. The first-order valence-electron chi connectivity index (χ1n) is 9.42. The number of aromatic nitrogens is 3. The van der Waals surface area contributed by atoms with Crippen molar-refractivity contribution in [3.05, 3.63) is 76.0 Å². The van der Waals surface area contributed by atoms with Crippen LogP contribution in [-0.2, 0) is 5.41 Å². The lowest BCUT2D eigenvalue weighted by Gasteiger charge is -2.20. The summed E-state index contributed by atoms with van der Waals surface area (Å²) in [6, 6.07) is 17.4. The predicted octanol–water partition coefficient (Wildman–Crippen LogP) is 7.05. The van der Waals surface area contributed by atoms with Crippen LogP contribution in [0.1, 0.15) is 32.2 Å². The van der Waals surface area contributed by atoms with E-state index in [0.717, 1.165) is 39.7 Å². The van der Waals surface area contributed by atoms with Gasteiger partial charge >= 0.3 is 0 Å². The van der Waals surface area contributed by atoms with E-state index in [0.29, 0.717) is 10.0 Å². The molecule has 0 aliphatic carbocycles. The average Bonchev–Trinajstić information content (AvgIpc) is 2.98. The van der Waals surface area contributed by atoms with Crippen molar-refractivity contribution in [2.24, 2.45) is 0 Å². The Morgan fingerprint density at radius 1 is 0.966 bits per heavy atom. The fraction of sp³-hybridized carbons (Fsp3) is 0.217. The third-order valence-electron chi connectivity index (χ3n) is 4.77. The number of rotatable bonds is 3. The molecule has 2 aromatic carbocycles. The minimum absolute atomic E-state index is 0.136. The van der Waals surface area contributed by atoms with Gasteiger partial charge in [-0.3, -0.25) is 0 Å². The molecular formula is C23H22Cl2N4. The molecule has 0 fully saturated rings. The number of fused-ring (bicyclic) bond motifs is 1. The van der Waals surface area contributed by atoms with E-state index in [4.69, 9.17) is 33.3 Å². The second-order valence-electron chi connectivity index (χ2n) is 8.09. The molecule has 4 rings (SSSR count).